The van der Waals surface area contributed by atoms with E-state index in [1.165, 1.54) is 6.42 Å². The first-order chi connectivity index (χ1) is 13.4. The zero-order chi connectivity index (χ0) is 20.1. The number of benzene rings is 2. The second-order valence-electron chi connectivity index (χ2n) is 7.37. The normalized spacial score (nSPS) is 14.0. The number of hydrogen-bond donors (Lipinski definition) is 2. The molecule has 1 saturated carbocycles. The van der Waals surface area contributed by atoms with Gasteiger partial charge in [0.05, 0.1) is 17.0 Å². The molecular formula is C22H27Cl2N3O2. The molecule has 0 unspecified atom stereocenters. The summed E-state index contributed by atoms with van der Waals surface area (Å²) in [7, 11) is 1.84. The molecule has 2 amide bonds. The first-order valence-corrected chi connectivity index (χ1v) is 10.0. The van der Waals surface area contributed by atoms with E-state index in [0.29, 0.717) is 22.0 Å². The number of carbonyl (C=O) groups is 2. The summed E-state index contributed by atoms with van der Waals surface area (Å²) < 4.78 is 0. The molecule has 7 heteroatoms. The molecule has 1 aliphatic carbocycles. The fourth-order valence-corrected chi connectivity index (χ4v) is 3.88. The SMILES string of the molecule is CN(C(=O)c1ccc(NC(=O)Cc2ccc(N)cc2)cc1Cl)C1CCCCC1.Cl. The molecule has 1 fully saturated rings. The highest BCUT2D eigenvalue weighted by atomic mass is 35.5. The van der Waals surface area contributed by atoms with Crippen LogP contribution in [0.2, 0.25) is 5.02 Å². The van der Waals surface area contributed by atoms with Gasteiger partial charge in [0.2, 0.25) is 5.91 Å². The average molecular weight is 436 g/mol. The summed E-state index contributed by atoms with van der Waals surface area (Å²) in [5.74, 6) is -0.226. The highest BCUT2D eigenvalue weighted by molar-refractivity contribution is 6.34. The largest absolute Gasteiger partial charge is 0.399 e. The fourth-order valence-electron chi connectivity index (χ4n) is 3.62. The molecule has 0 aliphatic heterocycles. The molecule has 0 spiro atoms. The first kappa shape index (κ1) is 23.0. The summed E-state index contributed by atoms with van der Waals surface area (Å²) in [6.07, 6.45) is 5.88. The van der Waals surface area contributed by atoms with Gasteiger partial charge >= 0.3 is 0 Å². The van der Waals surface area contributed by atoms with E-state index in [1.54, 1.807) is 35.2 Å². The molecule has 5 nitrogen and oxygen atoms in total. The first-order valence-electron chi connectivity index (χ1n) is 9.65. The Labute approximate surface area is 183 Å². The minimum atomic E-state index is -0.153. The zero-order valence-corrected chi connectivity index (χ0v) is 18.1. The quantitative estimate of drug-likeness (QED) is 0.653. The number of amides is 2. The number of halogens is 2. The number of nitrogen functional groups attached to an aromatic ring is 1. The van der Waals surface area contributed by atoms with Crippen LogP contribution in [-0.2, 0) is 11.2 Å². The van der Waals surface area contributed by atoms with Gasteiger partial charge in [0.15, 0.2) is 0 Å². The van der Waals surface area contributed by atoms with Crippen LogP contribution >= 0.6 is 24.0 Å². The van der Waals surface area contributed by atoms with E-state index in [9.17, 15) is 9.59 Å². The third-order valence-corrected chi connectivity index (χ3v) is 5.58. The van der Waals surface area contributed by atoms with Gasteiger partial charge in [0.1, 0.15) is 0 Å². The number of anilines is 2. The van der Waals surface area contributed by atoms with Crippen molar-refractivity contribution in [2.24, 2.45) is 0 Å². The molecule has 3 rings (SSSR count). The lowest BCUT2D eigenvalue weighted by molar-refractivity contribution is -0.115. The van der Waals surface area contributed by atoms with Crippen LogP contribution in [0.4, 0.5) is 11.4 Å². The van der Waals surface area contributed by atoms with E-state index in [0.717, 1.165) is 31.2 Å². The molecule has 2 aromatic rings. The van der Waals surface area contributed by atoms with Crippen molar-refractivity contribution < 1.29 is 9.59 Å². The molecule has 29 heavy (non-hydrogen) atoms. The smallest absolute Gasteiger partial charge is 0.255 e. The van der Waals surface area contributed by atoms with E-state index in [2.05, 4.69) is 5.32 Å². The summed E-state index contributed by atoms with van der Waals surface area (Å²) in [6, 6.07) is 12.5. The van der Waals surface area contributed by atoms with Crippen LogP contribution < -0.4 is 11.1 Å². The Kier molecular flexibility index (Phi) is 8.35. The van der Waals surface area contributed by atoms with Crippen LogP contribution in [0.1, 0.15) is 48.0 Å². The molecule has 0 aromatic heterocycles. The number of carbonyl (C=O) groups excluding carboxylic acids is 2. The van der Waals surface area contributed by atoms with E-state index >= 15 is 0 Å². The molecule has 3 N–H and O–H groups in total. The van der Waals surface area contributed by atoms with Gasteiger partial charge < -0.3 is 16.0 Å². The average Bonchev–Trinajstić information content (AvgIpc) is 2.69. The Balaban J connectivity index is 0.00000300. The minimum absolute atomic E-state index is 0. The van der Waals surface area contributed by atoms with Gasteiger partial charge in [-0.15, -0.1) is 12.4 Å². The lowest BCUT2D eigenvalue weighted by Gasteiger charge is -2.31. The van der Waals surface area contributed by atoms with Gasteiger partial charge in [-0.1, -0.05) is 43.0 Å². The predicted molar refractivity (Wildman–Crippen MR) is 121 cm³/mol. The standard InChI is InChI=1S/C22H26ClN3O2.ClH/c1-26(18-5-3-2-4-6-18)22(28)19-12-11-17(14-20(19)23)25-21(27)13-15-7-9-16(24)10-8-15;/h7-12,14,18H,2-6,13,24H2,1H3,(H,25,27);1H. The molecular weight excluding hydrogens is 409 g/mol. The third-order valence-electron chi connectivity index (χ3n) is 5.27. The number of nitrogens with zero attached hydrogens (tertiary/aromatic N) is 1. The maximum atomic E-state index is 12.8. The van der Waals surface area contributed by atoms with Gasteiger partial charge in [-0.05, 0) is 48.7 Å². The summed E-state index contributed by atoms with van der Waals surface area (Å²) in [5.41, 5.74) is 8.23. The molecule has 0 saturated heterocycles. The van der Waals surface area contributed by atoms with Crippen molar-refractivity contribution in [1.29, 1.82) is 0 Å². The maximum Gasteiger partial charge on any atom is 0.255 e. The van der Waals surface area contributed by atoms with Crippen LogP contribution in [-0.4, -0.2) is 29.8 Å². The molecule has 0 bridgehead atoms. The Morgan fingerprint density at radius 2 is 1.76 bits per heavy atom. The fraction of sp³-hybridized carbons (Fsp3) is 0.364. The van der Waals surface area contributed by atoms with Crippen LogP contribution in [0.15, 0.2) is 42.5 Å². The van der Waals surface area contributed by atoms with Crippen LogP contribution in [0.5, 0.6) is 0 Å². The van der Waals surface area contributed by atoms with E-state index in [4.69, 9.17) is 17.3 Å². The van der Waals surface area contributed by atoms with Crippen molar-refractivity contribution in [3.8, 4) is 0 Å². The second kappa shape index (κ2) is 10.5. The summed E-state index contributed by atoms with van der Waals surface area (Å²) in [6.45, 7) is 0. The van der Waals surface area contributed by atoms with Crippen molar-refractivity contribution in [2.75, 3.05) is 18.1 Å². The number of nitrogens with two attached hydrogens (primary N) is 1. The van der Waals surface area contributed by atoms with Crippen molar-refractivity contribution in [3.05, 3.63) is 58.6 Å². The van der Waals surface area contributed by atoms with Gasteiger partial charge in [0.25, 0.3) is 5.91 Å². The summed E-state index contributed by atoms with van der Waals surface area (Å²) >= 11 is 6.36. The number of hydrogen-bond acceptors (Lipinski definition) is 3. The van der Waals surface area contributed by atoms with E-state index < -0.39 is 0 Å². The second-order valence-corrected chi connectivity index (χ2v) is 7.78. The van der Waals surface area contributed by atoms with Crippen molar-refractivity contribution in [3.63, 3.8) is 0 Å². The highest BCUT2D eigenvalue weighted by Crippen LogP contribution is 2.26. The molecule has 0 heterocycles. The number of rotatable bonds is 5. The summed E-state index contributed by atoms with van der Waals surface area (Å²) in [5, 5.41) is 3.17. The van der Waals surface area contributed by atoms with Gasteiger partial charge in [-0.3, -0.25) is 9.59 Å². The molecule has 0 atom stereocenters. The topological polar surface area (TPSA) is 75.4 Å². The van der Waals surface area contributed by atoms with Crippen molar-refractivity contribution in [1.82, 2.24) is 4.90 Å². The van der Waals surface area contributed by atoms with Gasteiger partial charge in [-0.25, -0.2) is 0 Å². The van der Waals surface area contributed by atoms with Crippen LogP contribution in [0.25, 0.3) is 0 Å². The molecule has 1 aliphatic rings. The van der Waals surface area contributed by atoms with Crippen molar-refractivity contribution >= 4 is 47.2 Å². The Bertz CT molecular complexity index is 850. The van der Waals surface area contributed by atoms with Crippen LogP contribution in [0, 0.1) is 0 Å². The van der Waals surface area contributed by atoms with Gasteiger partial charge in [0, 0.05) is 24.5 Å². The number of nitrogens with one attached hydrogen (secondary N) is 1. The lowest BCUT2D eigenvalue weighted by atomic mass is 9.94. The summed E-state index contributed by atoms with van der Waals surface area (Å²) in [4.78, 5) is 26.9. The van der Waals surface area contributed by atoms with Crippen LogP contribution in [0.3, 0.4) is 0 Å². The lowest BCUT2D eigenvalue weighted by Crippen LogP contribution is -2.38. The zero-order valence-electron chi connectivity index (χ0n) is 16.5. The molecule has 156 valence electrons. The Morgan fingerprint density at radius 3 is 2.38 bits per heavy atom. The van der Waals surface area contributed by atoms with E-state index in [1.807, 2.05) is 19.2 Å². The van der Waals surface area contributed by atoms with Gasteiger partial charge in [-0.2, -0.15) is 0 Å². The Hall–Kier alpha value is -2.24. The molecule has 2 aromatic carbocycles. The maximum absolute atomic E-state index is 12.8. The predicted octanol–water partition coefficient (Wildman–Crippen LogP) is 4.93. The Morgan fingerprint density at radius 1 is 1.10 bits per heavy atom. The minimum Gasteiger partial charge on any atom is -0.399 e. The van der Waals surface area contributed by atoms with Crippen molar-refractivity contribution in [2.45, 2.75) is 44.6 Å². The molecule has 0 radical (unpaired) electrons. The monoisotopic (exact) mass is 435 g/mol. The van der Waals surface area contributed by atoms with E-state index in [-0.39, 0.29) is 36.7 Å². The highest BCUT2D eigenvalue weighted by Gasteiger charge is 2.24. The third kappa shape index (κ3) is 6.12.